The van der Waals surface area contributed by atoms with Crippen molar-refractivity contribution in [2.75, 3.05) is 20.3 Å². The van der Waals surface area contributed by atoms with Crippen molar-refractivity contribution in [3.05, 3.63) is 65.7 Å². The molecule has 1 N–H and O–H groups in total. The lowest BCUT2D eigenvalue weighted by molar-refractivity contribution is 0.0450. The minimum absolute atomic E-state index is 0.0695. The van der Waals surface area contributed by atoms with Crippen molar-refractivity contribution < 1.29 is 19.4 Å². The summed E-state index contributed by atoms with van der Waals surface area (Å²) in [6, 6.07) is 16.2. The first-order valence-electron chi connectivity index (χ1n) is 6.71. The van der Waals surface area contributed by atoms with Crippen molar-refractivity contribution in [2.45, 2.75) is 5.92 Å². The molecule has 0 radical (unpaired) electrons. The quantitative estimate of drug-likeness (QED) is 0.829. The van der Waals surface area contributed by atoms with E-state index in [-0.39, 0.29) is 19.1 Å². The number of rotatable bonds is 6. The lowest BCUT2D eigenvalue weighted by atomic mass is 10.0. The van der Waals surface area contributed by atoms with Crippen LogP contribution in [0, 0.1) is 0 Å². The summed E-state index contributed by atoms with van der Waals surface area (Å²) in [7, 11) is 1.57. The van der Waals surface area contributed by atoms with E-state index < -0.39 is 5.97 Å². The fourth-order valence-electron chi connectivity index (χ4n) is 1.97. The molecule has 4 heteroatoms. The first-order chi connectivity index (χ1) is 10.2. The summed E-state index contributed by atoms with van der Waals surface area (Å²) in [4.78, 5) is 12.0. The van der Waals surface area contributed by atoms with Gasteiger partial charge in [0.2, 0.25) is 0 Å². The number of methoxy groups -OCH3 is 1. The Morgan fingerprint density at radius 2 is 1.76 bits per heavy atom. The monoisotopic (exact) mass is 286 g/mol. The van der Waals surface area contributed by atoms with Gasteiger partial charge in [0.25, 0.3) is 0 Å². The second-order valence-electron chi connectivity index (χ2n) is 4.62. The predicted octanol–water partition coefficient (Wildman–Crippen LogP) is 2.63. The zero-order valence-corrected chi connectivity index (χ0v) is 11.9. The lowest BCUT2D eigenvalue weighted by Gasteiger charge is -2.15. The molecule has 2 aromatic carbocycles. The molecule has 0 fully saturated rings. The molecule has 0 aliphatic carbocycles. The third-order valence-electron chi connectivity index (χ3n) is 3.23. The normalized spacial score (nSPS) is 11.7. The summed E-state index contributed by atoms with van der Waals surface area (Å²) >= 11 is 0. The van der Waals surface area contributed by atoms with Gasteiger partial charge >= 0.3 is 5.97 Å². The van der Waals surface area contributed by atoms with Crippen LogP contribution >= 0.6 is 0 Å². The van der Waals surface area contributed by atoms with Gasteiger partial charge in [-0.3, -0.25) is 0 Å². The van der Waals surface area contributed by atoms with Crippen LogP contribution in [-0.2, 0) is 4.74 Å². The van der Waals surface area contributed by atoms with Gasteiger partial charge in [-0.25, -0.2) is 4.79 Å². The molecule has 0 bridgehead atoms. The SMILES string of the molecule is COc1ccc(C(=O)OC[C@H](CO)c2ccccc2)cc1. The number of hydrogen-bond acceptors (Lipinski definition) is 4. The van der Waals surface area contributed by atoms with Gasteiger partial charge in [-0.15, -0.1) is 0 Å². The Kier molecular flexibility index (Phi) is 5.35. The Labute approximate surface area is 123 Å². The van der Waals surface area contributed by atoms with Crippen molar-refractivity contribution in [1.29, 1.82) is 0 Å². The number of ether oxygens (including phenoxy) is 2. The van der Waals surface area contributed by atoms with E-state index >= 15 is 0 Å². The molecule has 110 valence electrons. The zero-order valence-electron chi connectivity index (χ0n) is 11.9. The van der Waals surface area contributed by atoms with Gasteiger partial charge in [-0.1, -0.05) is 30.3 Å². The van der Waals surface area contributed by atoms with Gasteiger partial charge in [0, 0.05) is 5.92 Å². The summed E-state index contributed by atoms with van der Waals surface area (Å²) in [6.07, 6.45) is 0. The number of hydrogen-bond donors (Lipinski definition) is 1. The molecule has 0 heterocycles. The minimum atomic E-state index is -0.410. The van der Waals surface area contributed by atoms with Gasteiger partial charge in [-0.2, -0.15) is 0 Å². The van der Waals surface area contributed by atoms with E-state index in [0.717, 1.165) is 5.56 Å². The molecule has 0 aliphatic rings. The maximum atomic E-state index is 12.0. The number of esters is 1. The molecule has 4 nitrogen and oxygen atoms in total. The van der Waals surface area contributed by atoms with Gasteiger partial charge in [-0.05, 0) is 29.8 Å². The molecule has 1 atom stereocenters. The number of carbonyl (C=O) groups is 1. The molecule has 0 aliphatic heterocycles. The number of benzene rings is 2. The van der Waals surface area contributed by atoms with Crippen LogP contribution in [0.4, 0.5) is 0 Å². The van der Waals surface area contributed by atoms with Gasteiger partial charge < -0.3 is 14.6 Å². The largest absolute Gasteiger partial charge is 0.497 e. The van der Waals surface area contributed by atoms with Crippen LogP contribution in [-0.4, -0.2) is 31.4 Å². The van der Waals surface area contributed by atoms with E-state index in [9.17, 15) is 9.90 Å². The second-order valence-corrected chi connectivity index (χ2v) is 4.62. The smallest absolute Gasteiger partial charge is 0.338 e. The van der Waals surface area contributed by atoms with E-state index in [2.05, 4.69) is 0 Å². The van der Waals surface area contributed by atoms with E-state index in [4.69, 9.17) is 9.47 Å². The molecular weight excluding hydrogens is 268 g/mol. The van der Waals surface area contributed by atoms with Crippen molar-refractivity contribution in [2.24, 2.45) is 0 Å². The van der Waals surface area contributed by atoms with E-state index in [1.807, 2.05) is 30.3 Å². The number of carbonyl (C=O) groups excluding carboxylic acids is 1. The fourth-order valence-corrected chi connectivity index (χ4v) is 1.97. The third-order valence-corrected chi connectivity index (χ3v) is 3.23. The van der Waals surface area contributed by atoms with Crippen LogP contribution in [0.1, 0.15) is 21.8 Å². The Hall–Kier alpha value is -2.33. The lowest BCUT2D eigenvalue weighted by Crippen LogP contribution is -2.16. The van der Waals surface area contributed by atoms with Gasteiger partial charge in [0.15, 0.2) is 0 Å². The Bertz CT molecular complexity index is 563. The van der Waals surface area contributed by atoms with E-state index in [1.54, 1.807) is 31.4 Å². The van der Waals surface area contributed by atoms with E-state index in [0.29, 0.717) is 11.3 Å². The number of aliphatic hydroxyl groups excluding tert-OH is 1. The summed E-state index contributed by atoms with van der Waals surface area (Å²) in [5, 5.41) is 9.42. The van der Waals surface area contributed by atoms with Crippen LogP contribution in [0.2, 0.25) is 0 Å². The van der Waals surface area contributed by atoms with E-state index in [1.165, 1.54) is 0 Å². The second kappa shape index (κ2) is 7.45. The highest BCUT2D eigenvalue weighted by molar-refractivity contribution is 5.89. The fraction of sp³-hybridized carbons (Fsp3) is 0.235. The summed E-state index contributed by atoms with van der Waals surface area (Å²) in [5.41, 5.74) is 1.41. The maximum absolute atomic E-state index is 12.0. The Balaban J connectivity index is 1.96. The topological polar surface area (TPSA) is 55.8 Å². The highest BCUT2D eigenvalue weighted by Gasteiger charge is 2.14. The van der Waals surface area contributed by atoms with Gasteiger partial charge in [0.1, 0.15) is 12.4 Å². The van der Waals surface area contributed by atoms with Crippen LogP contribution in [0.5, 0.6) is 5.75 Å². The van der Waals surface area contributed by atoms with Crippen molar-refractivity contribution in [3.8, 4) is 5.75 Å². The molecule has 2 rings (SSSR count). The van der Waals surface area contributed by atoms with Gasteiger partial charge in [0.05, 0.1) is 19.3 Å². The molecule has 0 amide bonds. The average molecular weight is 286 g/mol. The first-order valence-corrected chi connectivity index (χ1v) is 6.71. The third kappa shape index (κ3) is 4.07. The number of aliphatic hydroxyl groups is 1. The highest BCUT2D eigenvalue weighted by Crippen LogP contribution is 2.17. The predicted molar refractivity (Wildman–Crippen MR) is 79.5 cm³/mol. The molecule has 0 aromatic heterocycles. The van der Waals surface area contributed by atoms with Crippen molar-refractivity contribution >= 4 is 5.97 Å². The van der Waals surface area contributed by atoms with Crippen LogP contribution in [0.3, 0.4) is 0 Å². The standard InChI is InChI=1S/C17H18O4/c1-20-16-9-7-14(8-10-16)17(19)21-12-15(11-18)13-5-3-2-4-6-13/h2-10,15,18H,11-12H2,1H3/t15-/m0/s1. The molecule has 0 spiro atoms. The van der Waals surface area contributed by atoms with Crippen molar-refractivity contribution in [3.63, 3.8) is 0 Å². The van der Waals surface area contributed by atoms with Crippen LogP contribution in [0.25, 0.3) is 0 Å². The summed E-state index contributed by atoms with van der Waals surface area (Å²) in [5.74, 6) is 0.0597. The molecule has 0 unspecified atom stereocenters. The Morgan fingerprint density at radius 1 is 1.10 bits per heavy atom. The molecule has 0 saturated heterocycles. The summed E-state index contributed by atoms with van der Waals surface area (Å²) in [6.45, 7) is 0.0747. The zero-order chi connectivity index (χ0) is 15.1. The average Bonchev–Trinajstić information content (AvgIpc) is 2.56. The first kappa shape index (κ1) is 15.1. The van der Waals surface area contributed by atoms with Crippen molar-refractivity contribution in [1.82, 2.24) is 0 Å². The van der Waals surface area contributed by atoms with Crippen LogP contribution in [0.15, 0.2) is 54.6 Å². The summed E-state index contributed by atoms with van der Waals surface area (Å²) < 4.78 is 10.3. The molecule has 2 aromatic rings. The van der Waals surface area contributed by atoms with Crippen LogP contribution < -0.4 is 4.74 Å². The minimum Gasteiger partial charge on any atom is -0.497 e. The maximum Gasteiger partial charge on any atom is 0.338 e. The highest BCUT2D eigenvalue weighted by atomic mass is 16.5. The molecule has 0 saturated carbocycles. The molecular formula is C17H18O4. The Morgan fingerprint density at radius 3 is 2.33 bits per heavy atom. The molecule has 21 heavy (non-hydrogen) atoms.